The molecule has 0 saturated carbocycles. The summed E-state index contributed by atoms with van der Waals surface area (Å²) in [6.45, 7) is 11.4. The van der Waals surface area contributed by atoms with Crippen LogP contribution in [0.2, 0.25) is 0 Å². The van der Waals surface area contributed by atoms with Crippen molar-refractivity contribution in [2.45, 2.75) is 13.8 Å². The molecule has 0 aromatic rings. The van der Waals surface area contributed by atoms with Crippen molar-refractivity contribution < 1.29 is 0 Å². The zero-order valence-electron chi connectivity index (χ0n) is 7.88. The van der Waals surface area contributed by atoms with Crippen molar-refractivity contribution >= 4 is 0 Å². The Labute approximate surface area is 75.3 Å². The van der Waals surface area contributed by atoms with Crippen molar-refractivity contribution in [2.24, 2.45) is 0 Å². The Balaban J connectivity index is 4.62. The maximum absolute atomic E-state index is 3.73. The average molecular weight is 160 g/mol. The van der Waals surface area contributed by atoms with Crippen LogP contribution < -0.4 is 0 Å². The molecule has 0 unspecified atom stereocenters. The quantitative estimate of drug-likeness (QED) is 0.549. The Morgan fingerprint density at radius 1 is 1.17 bits per heavy atom. The topological polar surface area (TPSA) is 0 Å². The fraction of sp³-hybridized carbons (Fsp3) is 0.167. The zero-order chi connectivity index (χ0) is 9.40. The number of hydrogen-bond donors (Lipinski definition) is 0. The van der Waals surface area contributed by atoms with Crippen LogP contribution in [0, 0.1) is 0 Å². The smallest absolute Gasteiger partial charge is 0.0233 e. The number of hydrogen-bond acceptors (Lipinski definition) is 0. The maximum atomic E-state index is 3.73. The van der Waals surface area contributed by atoms with Gasteiger partial charge >= 0.3 is 0 Å². The number of rotatable bonds is 4. The van der Waals surface area contributed by atoms with Crippen LogP contribution in [-0.2, 0) is 0 Å². The van der Waals surface area contributed by atoms with Gasteiger partial charge in [-0.05, 0) is 25.0 Å². The van der Waals surface area contributed by atoms with Crippen molar-refractivity contribution in [1.82, 2.24) is 0 Å². The van der Waals surface area contributed by atoms with Crippen LogP contribution in [0.3, 0.4) is 0 Å². The molecule has 12 heavy (non-hydrogen) atoms. The van der Waals surface area contributed by atoms with Gasteiger partial charge in [0.1, 0.15) is 0 Å². The Bertz CT molecular complexity index is 237. The molecule has 0 fully saturated rings. The van der Waals surface area contributed by atoms with Gasteiger partial charge in [0.2, 0.25) is 0 Å². The molecule has 0 N–H and O–H groups in total. The summed E-state index contributed by atoms with van der Waals surface area (Å²) in [5, 5.41) is 0. The third-order valence-corrected chi connectivity index (χ3v) is 1.51. The molecule has 0 aliphatic carbocycles. The largest absolute Gasteiger partial charge is 0.0990 e. The van der Waals surface area contributed by atoms with E-state index in [-0.39, 0.29) is 0 Å². The fourth-order valence-electron chi connectivity index (χ4n) is 0.824. The molecule has 0 spiro atoms. The lowest BCUT2D eigenvalue weighted by Gasteiger charge is -1.98. The second-order valence-corrected chi connectivity index (χ2v) is 2.44. The predicted molar refractivity (Wildman–Crippen MR) is 57.0 cm³/mol. The maximum Gasteiger partial charge on any atom is -0.0233 e. The summed E-state index contributed by atoms with van der Waals surface area (Å²) in [5.74, 6) is 0. The summed E-state index contributed by atoms with van der Waals surface area (Å²) in [6.07, 6.45) is 11.6. The predicted octanol–water partition coefficient (Wildman–Crippen LogP) is 3.81. The summed E-state index contributed by atoms with van der Waals surface area (Å²) in [5.41, 5.74) is 2.31. The van der Waals surface area contributed by atoms with Crippen LogP contribution in [0.4, 0.5) is 0 Å². The molecular weight excluding hydrogens is 144 g/mol. The zero-order valence-corrected chi connectivity index (χ0v) is 7.88. The molecular formula is C12H16. The van der Waals surface area contributed by atoms with E-state index in [1.54, 1.807) is 6.08 Å². The van der Waals surface area contributed by atoms with Crippen molar-refractivity contribution in [3.63, 3.8) is 0 Å². The summed E-state index contributed by atoms with van der Waals surface area (Å²) >= 11 is 0. The van der Waals surface area contributed by atoms with Gasteiger partial charge in [0.25, 0.3) is 0 Å². The van der Waals surface area contributed by atoms with Crippen LogP contribution in [-0.4, -0.2) is 0 Å². The first-order chi connectivity index (χ1) is 5.76. The summed E-state index contributed by atoms with van der Waals surface area (Å²) in [7, 11) is 0. The minimum Gasteiger partial charge on any atom is -0.0990 e. The monoisotopic (exact) mass is 160 g/mol. The van der Waals surface area contributed by atoms with Gasteiger partial charge in [0.15, 0.2) is 0 Å². The summed E-state index contributed by atoms with van der Waals surface area (Å²) in [6, 6.07) is 0. The fourth-order valence-corrected chi connectivity index (χ4v) is 0.824. The second kappa shape index (κ2) is 6.41. The lowest BCUT2D eigenvalue weighted by atomic mass is 10.1. The SMILES string of the molecule is C=C/C=C(C=C)/C(C)=C/C=C\C. The lowest BCUT2D eigenvalue weighted by molar-refractivity contribution is 1.43. The first-order valence-electron chi connectivity index (χ1n) is 4.01. The van der Waals surface area contributed by atoms with Gasteiger partial charge in [0, 0.05) is 0 Å². The summed E-state index contributed by atoms with van der Waals surface area (Å²) in [4.78, 5) is 0. The standard InChI is InChI=1S/C12H16/c1-5-8-10-11(4)12(7-3)9-6-2/h5-10H,2-3H2,1,4H3/b8-5-,11-10+,12-9+. The van der Waals surface area contributed by atoms with Crippen LogP contribution in [0.15, 0.2) is 60.8 Å². The molecule has 0 atom stereocenters. The van der Waals surface area contributed by atoms with Gasteiger partial charge in [-0.2, -0.15) is 0 Å². The van der Waals surface area contributed by atoms with Crippen molar-refractivity contribution in [3.8, 4) is 0 Å². The van der Waals surface area contributed by atoms with Gasteiger partial charge in [-0.1, -0.05) is 49.6 Å². The molecule has 0 bridgehead atoms. The highest BCUT2D eigenvalue weighted by Gasteiger charge is 1.90. The molecule has 0 amide bonds. The van der Waals surface area contributed by atoms with Gasteiger partial charge in [0.05, 0.1) is 0 Å². The molecule has 0 aromatic carbocycles. The first kappa shape index (κ1) is 10.7. The van der Waals surface area contributed by atoms with Crippen LogP contribution in [0.25, 0.3) is 0 Å². The molecule has 0 saturated heterocycles. The first-order valence-corrected chi connectivity index (χ1v) is 4.01. The minimum atomic E-state index is 1.11. The van der Waals surface area contributed by atoms with E-state index in [0.717, 1.165) is 5.57 Å². The Morgan fingerprint density at radius 2 is 1.83 bits per heavy atom. The Morgan fingerprint density at radius 3 is 2.25 bits per heavy atom. The average Bonchev–Trinajstić information content (AvgIpc) is 2.10. The Kier molecular flexibility index (Phi) is 5.72. The van der Waals surface area contributed by atoms with E-state index in [1.807, 2.05) is 31.2 Å². The van der Waals surface area contributed by atoms with E-state index in [9.17, 15) is 0 Å². The van der Waals surface area contributed by atoms with E-state index >= 15 is 0 Å². The molecule has 0 aliphatic rings. The van der Waals surface area contributed by atoms with Gasteiger partial charge in [-0.3, -0.25) is 0 Å². The van der Waals surface area contributed by atoms with E-state index in [2.05, 4.69) is 26.2 Å². The Hall–Kier alpha value is -1.30. The van der Waals surface area contributed by atoms with Crippen molar-refractivity contribution in [2.75, 3.05) is 0 Å². The van der Waals surface area contributed by atoms with Crippen LogP contribution in [0.5, 0.6) is 0 Å². The summed E-state index contributed by atoms with van der Waals surface area (Å²) < 4.78 is 0. The van der Waals surface area contributed by atoms with Gasteiger partial charge < -0.3 is 0 Å². The van der Waals surface area contributed by atoms with E-state index in [0.29, 0.717) is 0 Å². The van der Waals surface area contributed by atoms with Crippen molar-refractivity contribution in [3.05, 3.63) is 60.8 Å². The molecule has 0 aromatic heterocycles. The molecule has 0 aliphatic heterocycles. The van der Waals surface area contributed by atoms with E-state index in [4.69, 9.17) is 0 Å². The molecule has 0 radical (unpaired) electrons. The highest BCUT2D eigenvalue weighted by atomic mass is 14.0. The van der Waals surface area contributed by atoms with Crippen LogP contribution >= 0.6 is 0 Å². The molecule has 0 nitrogen and oxygen atoms in total. The van der Waals surface area contributed by atoms with Crippen LogP contribution in [0.1, 0.15) is 13.8 Å². The number of allylic oxidation sites excluding steroid dienone is 8. The molecule has 64 valence electrons. The normalized spacial score (nSPS) is 13.5. The van der Waals surface area contributed by atoms with E-state index in [1.165, 1.54) is 5.57 Å². The lowest BCUT2D eigenvalue weighted by Crippen LogP contribution is -1.78. The molecule has 0 rings (SSSR count). The van der Waals surface area contributed by atoms with Gasteiger partial charge in [-0.25, -0.2) is 0 Å². The third-order valence-electron chi connectivity index (χ3n) is 1.51. The third kappa shape index (κ3) is 3.77. The molecule has 0 heteroatoms. The molecule has 0 heterocycles. The van der Waals surface area contributed by atoms with Crippen molar-refractivity contribution in [1.29, 1.82) is 0 Å². The minimum absolute atomic E-state index is 1.11. The van der Waals surface area contributed by atoms with Gasteiger partial charge in [-0.15, -0.1) is 0 Å². The highest BCUT2D eigenvalue weighted by Crippen LogP contribution is 2.10. The highest BCUT2D eigenvalue weighted by molar-refractivity contribution is 5.40. The second-order valence-electron chi connectivity index (χ2n) is 2.44. The van der Waals surface area contributed by atoms with E-state index < -0.39 is 0 Å².